The van der Waals surface area contributed by atoms with E-state index < -0.39 is 37.7 Å². The summed E-state index contributed by atoms with van der Waals surface area (Å²) in [5, 5.41) is 5.82. The molecule has 2 amide bonds. The molecule has 0 aromatic heterocycles. The van der Waals surface area contributed by atoms with E-state index in [0.29, 0.717) is 5.02 Å². The second kappa shape index (κ2) is 13.9. The van der Waals surface area contributed by atoms with Gasteiger partial charge in [-0.25, -0.2) is 4.79 Å². The second-order valence-electron chi connectivity index (χ2n) is 14.7. The van der Waals surface area contributed by atoms with Crippen LogP contribution in [-0.2, 0) is 24.2 Å². The number of nitrogens with one attached hydrogen (secondary N) is 1. The molecule has 1 fully saturated rings. The molecule has 1 saturated heterocycles. The Hall–Kier alpha value is -3.17. The van der Waals surface area contributed by atoms with E-state index in [4.69, 9.17) is 25.5 Å². The molecule has 1 aliphatic heterocycles. The first-order chi connectivity index (χ1) is 21.4. The van der Waals surface area contributed by atoms with E-state index in [2.05, 4.69) is 50.4 Å². The van der Waals surface area contributed by atoms with Gasteiger partial charge in [0.05, 0.1) is 31.3 Å². The van der Waals surface area contributed by atoms with Crippen molar-refractivity contribution in [3.8, 4) is 0 Å². The van der Waals surface area contributed by atoms with Crippen LogP contribution in [0.5, 0.6) is 0 Å². The van der Waals surface area contributed by atoms with Crippen LogP contribution in [0.15, 0.2) is 78.9 Å². The predicted molar refractivity (Wildman–Crippen MR) is 187 cm³/mol. The maximum absolute atomic E-state index is 13.7. The number of amides is 2. The number of carbonyl (C=O) groups excluding carboxylic acids is 2. The van der Waals surface area contributed by atoms with Gasteiger partial charge >= 0.3 is 6.09 Å². The molecule has 1 N–H and O–H groups in total. The maximum atomic E-state index is 13.7. The zero-order valence-electron chi connectivity index (χ0n) is 28.6. The van der Waals surface area contributed by atoms with Gasteiger partial charge in [-0.05, 0) is 80.2 Å². The van der Waals surface area contributed by atoms with E-state index in [0.717, 1.165) is 21.5 Å². The van der Waals surface area contributed by atoms with Gasteiger partial charge in [0.15, 0.2) is 6.10 Å². The van der Waals surface area contributed by atoms with Crippen molar-refractivity contribution in [2.45, 2.75) is 90.6 Å². The van der Waals surface area contributed by atoms with Crippen molar-refractivity contribution in [2.75, 3.05) is 19.8 Å². The van der Waals surface area contributed by atoms with Crippen molar-refractivity contribution in [1.29, 1.82) is 0 Å². The van der Waals surface area contributed by atoms with Crippen molar-refractivity contribution in [1.82, 2.24) is 10.2 Å². The van der Waals surface area contributed by atoms with Gasteiger partial charge in [-0.2, -0.15) is 0 Å². The highest BCUT2D eigenvalue weighted by molar-refractivity contribution is 6.99. The fourth-order valence-corrected chi connectivity index (χ4v) is 11.1. The Balaban J connectivity index is 1.62. The number of morpholine rings is 1. The van der Waals surface area contributed by atoms with Crippen LogP contribution < -0.4 is 15.7 Å². The molecule has 0 aliphatic carbocycles. The zero-order valence-corrected chi connectivity index (χ0v) is 30.4. The Morgan fingerprint density at radius 2 is 1.48 bits per heavy atom. The summed E-state index contributed by atoms with van der Waals surface area (Å²) in [5.41, 5.74) is 0.500. The van der Waals surface area contributed by atoms with Crippen LogP contribution in [0.3, 0.4) is 0 Å². The molecule has 0 unspecified atom stereocenters. The van der Waals surface area contributed by atoms with Gasteiger partial charge < -0.3 is 19.2 Å². The van der Waals surface area contributed by atoms with Crippen molar-refractivity contribution in [3.63, 3.8) is 0 Å². The molecule has 0 saturated carbocycles. The third-order valence-electron chi connectivity index (χ3n) is 8.42. The van der Waals surface area contributed by atoms with Crippen LogP contribution >= 0.6 is 11.6 Å². The maximum Gasteiger partial charge on any atom is 0.410 e. The average molecular weight is 665 g/mol. The molecule has 9 heteroatoms. The number of rotatable bonds is 8. The molecular formula is C37H49ClN2O5Si. The smallest absolute Gasteiger partial charge is 0.410 e. The lowest BCUT2D eigenvalue weighted by molar-refractivity contribution is -0.144. The van der Waals surface area contributed by atoms with E-state index in [1.165, 1.54) is 0 Å². The average Bonchev–Trinajstić information content (AvgIpc) is 2.96. The first-order valence-corrected chi connectivity index (χ1v) is 18.2. The summed E-state index contributed by atoms with van der Waals surface area (Å²) < 4.78 is 19.2. The number of carbonyl (C=O) groups is 2. The van der Waals surface area contributed by atoms with Crippen LogP contribution in [0.1, 0.15) is 66.5 Å². The van der Waals surface area contributed by atoms with Crippen molar-refractivity contribution in [2.24, 2.45) is 0 Å². The Labute approximate surface area is 280 Å². The van der Waals surface area contributed by atoms with Gasteiger partial charge in [-0.3, -0.25) is 9.69 Å². The monoisotopic (exact) mass is 664 g/mol. The molecule has 248 valence electrons. The molecule has 1 heterocycles. The number of nitrogens with zero attached hydrogens (tertiary/aromatic N) is 1. The summed E-state index contributed by atoms with van der Waals surface area (Å²) in [7, 11) is -2.89. The van der Waals surface area contributed by atoms with E-state index in [9.17, 15) is 9.59 Å². The van der Waals surface area contributed by atoms with Gasteiger partial charge in [0, 0.05) is 5.02 Å². The topological polar surface area (TPSA) is 77.1 Å². The van der Waals surface area contributed by atoms with Gasteiger partial charge in [0.2, 0.25) is 0 Å². The SMILES string of the molecule is Cc1cc(Cl)ccc1C(C)(C)NC(=O)[C@@H]1CN(C(=O)OC(C)(C)C)[C@H](CO[Si](c2ccccc2)(c2ccccc2)C(C)(C)C)CO1. The summed E-state index contributed by atoms with van der Waals surface area (Å²) in [5.74, 6) is -0.306. The lowest BCUT2D eigenvalue weighted by Crippen LogP contribution is -2.68. The van der Waals surface area contributed by atoms with Crippen molar-refractivity contribution in [3.05, 3.63) is 95.0 Å². The van der Waals surface area contributed by atoms with E-state index in [1.54, 1.807) is 4.90 Å². The number of hydrogen-bond donors (Lipinski definition) is 1. The minimum atomic E-state index is -2.89. The predicted octanol–water partition coefficient (Wildman–Crippen LogP) is 6.58. The first-order valence-electron chi connectivity index (χ1n) is 15.9. The van der Waals surface area contributed by atoms with Gasteiger partial charge in [0.25, 0.3) is 14.2 Å². The zero-order chi connectivity index (χ0) is 33.9. The molecule has 0 spiro atoms. The largest absolute Gasteiger partial charge is 0.444 e. The van der Waals surface area contributed by atoms with E-state index >= 15 is 0 Å². The standard InChI is InChI=1S/C37H49ClN2O5Si/c1-26-22-27(38)20-21-31(26)37(8,9)39-33(41)32-23-40(34(42)45-35(2,3)4)28(24-43-32)25-44-46(36(5,6)7,29-16-12-10-13-17-29)30-18-14-11-15-19-30/h10-22,28,32H,23-25H2,1-9H3,(H,39,41)/t28-,32-/m0/s1. The summed E-state index contributed by atoms with van der Waals surface area (Å²) in [4.78, 5) is 29.0. The number of halogens is 1. The Morgan fingerprint density at radius 3 is 1.98 bits per heavy atom. The summed E-state index contributed by atoms with van der Waals surface area (Å²) >= 11 is 6.18. The van der Waals surface area contributed by atoms with Gasteiger partial charge in [0.1, 0.15) is 5.60 Å². The molecular weight excluding hydrogens is 616 g/mol. The highest BCUT2D eigenvalue weighted by Gasteiger charge is 2.51. The van der Waals surface area contributed by atoms with Gasteiger partial charge in [-0.15, -0.1) is 0 Å². The number of benzene rings is 3. The Kier molecular flexibility index (Phi) is 10.8. The normalized spacial score (nSPS) is 17.8. The lowest BCUT2D eigenvalue weighted by atomic mass is 9.90. The summed E-state index contributed by atoms with van der Waals surface area (Å²) in [6.07, 6.45) is -1.39. The molecule has 3 aromatic rings. The molecule has 7 nitrogen and oxygen atoms in total. The molecule has 1 aliphatic rings. The first kappa shape index (κ1) is 35.7. The summed E-state index contributed by atoms with van der Waals surface area (Å²) in [6, 6.07) is 25.9. The molecule has 46 heavy (non-hydrogen) atoms. The second-order valence-corrected chi connectivity index (χ2v) is 19.4. The van der Waals surface area contributed by atoms with Crippen LogP contribution in [-0.4, -0.2) is 62.7 Å². The molecule has 0 radical (unpaired) electrons. The fourth-order valence-electron chi connectivity index (χ4n) is 6.31. The third-order valence-corrected chi connectivity index (χ3v) is 13.7. The van der Waals surface area contributed by atoms with E-state index in [1.807, 2.05) is 96.1 Å². The molecule has 4 rings (SSSR count). The Morgan fingerprint density at radius 1 is 0.913 bits per heavy atom. The number of ether oxygens (including phenoxy) is 2. The fraction of sp³-hybridized carbons (Fsp3) is 0.459. The quantitative estimate of drug-likeness (QED) is 0.275. The minimum absolute atomic E-state index is 0.0329. The lowest BCUT2D eigenvalue weighted by Gasteiger charge is -2.46. The van der Waals surface area contributed by atoms with Crippen LogP contribution in [0, 0.1) is 6.92 Å². The van der Waals surface area contributed by atoms with Crippen LogP contribution in [0.2, 0.25) is 10.1 Å². The summed E-state index contributed by atoms with van der Waals surface area (Å²) in [6.45, 7) is 18.4. The van der Waals surface area contributed by atoms with Crippen LogP contribution in [0.25, 0.3) is 0 Å². The number of aryl methyl sites for hydroxylation is 1. The molecule has 3 aromatic carbocycles. The Bertz CT molecular complexity index is 1460. The van der Waals surface area contributed by atoms with Crippen molar-refractivity contribution >= 4 is 42.3 Å². The third kappa shape index (κ3) is 8.03. The van der Waals surface area contributed by atoms with Gasteiger partial charge in [-0.1, -0.05) is 99.1 Å². The van der Waals surface area contributed by atoms with E-state index in [-0.39, 0.29) is 30.7 Å². The van der Waals surface area contributed by atoms with Crippen molar-refractivity contribution < 1.29 is 23.5 Å². The number of hydrogen-bond acceptors (Lipinski definition) is 5. The minimum Gasteiger partial charge on any atom is -0.444 e. The highest BCUT2D eigenvalue weighted by Crippen LogP contribution is 2.37. The highest BCUT2D eigenvalue weighted by atomic mass is 35.5. The van der Waals surface area contributed by atoms with Crippen LogP contribution in [0.4, 0.5) is 4.79 Å². The molecule has 2 atom stereocenters. The molecule has 0 bridgehead atoms.